The number of hydrogen-bond donors (Lipinski definition) is 2. The smallest absolute Gasteiger partial charge is 0.255 e. The van der Waals surface area contributed by atoms with Gasteiger partial charge in [0.1, 0.15) is 5.75 Å². The van der Waals surface area contributed by atoms with Crippen molar-refractivity contribution in [3.63, 3.8) is 0 Å². The molecule has 98 valence electrons. The minimum absolute atomic E-state index is 0.119. The highest BCUT2D eigenvalue weighted by atomic mass is 16.5. The van der Waals surface area contributed by atoms with Crippen LogP contribution < -0.4 is 15.8 Å². The van der Waals surface area contributed by atoms with Crippen LogP contribution in [0.15, 0.2) is 48.8 Å². The summed E-state index contributed by atoms with van der Waals surface area (Å²) in [4.78, 5) is 14.7. The maximum Gasteiger partial charge on any atom is 0.255 e. The molecule has 0 radical (unpaired) electrons. The molecule has 0 spiro atoms. The highest BCUT2D eigenvalue weighted by Gasteiger charge is 1.99. The molecule has 1 amide bonds. The Balaban J connectivity index is 1.93. The highest BCUT2D eigenvalue weighted by Crippen LogP contribution is 2.17. The van der Waals surface area contributed by atoms with Crippen LogP contribution in [0.4, 0.5) is 5.69 Å². The van der Waals surface area contributed by atoms with Crippen LogP contribution in [0.3, 0.4) is 0 Å². The average molecular weight is 257 g/mol. The van der Waals surface area contributed by atoms with Crippen LogP contribution in [0, 0.1) is 0 Å². The minimum atomic E-state index is -0.492. The number of rotatable bonds is 6. The molecule has 0 atom stereocenters. The number of hydrogen-bond acceptors (Lipinski definition) is 4. The fourth-order valence-corrected chi connectivity index (χ4v) is 1.56. The van der Waals surface area contributed by atoms with Crippen molar-refractivity contribution in [1.82, 2.24) is 4.98 Å². The van der Waals surface area contributed by atoms with Gasteiger partial charge < -0.3 is 15.8 Å². The van der Waals surface area contributed by atoms with Gasteiger partial charge in [-0.3, -0.25) is 9.78 Å². The Hall–Kier alpha value is -2.56. The van der Waals surface area contributed by atoms with Crippen molar-refractivity contribution in [2.24, 2.45) is 5.73 Å². The van der Waals surface area contributed by atoms with E-state index in [4.69, 9.17) is 10.5 Å². The van der Waals surface area contributed by atoms with Crippen LogP contribution in [0.2, 0.25) is 0 Å². The zero-order valence-electron chi connectivity index (χ0n) is 10.4. The van der Waals surface area contributed by atoms with Gasteiger partial charge in [0.25, 0.3) is 5.91 Å². The molecule has 2 aromatic rings. The van der Waals surface area contributed by atoms with Crippen LogP contribution in [0.5, 0.6) is 5.75 Å². The van der Waals surface area contributed by atoms with E-state index in [0.717, 1.165) is 11.3 Å². The lowest BCUT2D eigenvalue weighted by Gasteiger charge is -2.08. The summed E-state index contributed by atoms with van der Waals surface area (Å²) in [5, 5.41) is 3.25. The zero-order valence-corrected chi connectivity index (χ0v) is 10.4. The molecule has 19 heavy (non-hydrogen) atoms. The van der Waals surface area contributed by atoms with Crippen molar-refractivity contribution in [2.45, 2.75) is 6.54 Å². The molecule has 2 rings (SSSR count). The van der Waals surface area contributed by atoms with Crippen molar-refractivity contribution < 1.29 is 9.53 Å². The van der Waals surface area contributed by atoms with E-state index in [9.17, 15) is 4.79 Å². The van der Waals surface area contributed by atoms with Gasteiger partial charge in [-0.25, -0.2) is 0 Å². The monoisotopic (exact) mass is 257 g/mol. The molecule has 1 heterocycles. The van der Waals surface area contributed by atoms with Crippen LogP contribution in [-0.4, -0.2) is 17.5 Å². The Morgan fingerprint density at radius 2 is 2.21 bits per heavy atom. The number of carbonyl (C=O) groups is 1. The van der Waals surface area contributed by atoms with Gasteiger partial charge in [-0.2, -0.15) is 0 Å². The second kappa shape index (κ2) is 6.39. The van der Waals surface area contributed by atoms with E-state index in [1.807, 2.05) is 30.3 Å². The van der Waals surface area contributed by atoms with E-state index in [2.05, 4.69) is 10.3 Å². The first-order valence-electron chi connectivity index (χ1n) is 5.88. The summed E-state index contributed by atoms with van der Waals surface area (Å²) >= 11 is 0. The summed E-state index contributed by atoms with van der Waals surface area (Å²) in [5.41, 5.74) is 7.02. The summed E-state index contributed by atoms with van der Waals surface area (Å²) in [6.07, 6.45) is 3.54. The van der Waals surface area contributed by atoms with E-state index in [0.29, 0.717) is 12.3 Å². The topological polar surface area (TPSA) is 77.2 Å². The first kappa shape index (κ1) is 12.9. The van der Waals surface area contributed by atoms with Gasteiger partial charge in [0.2, 0.25) is 0 Å². The molecule has 0 saturated carbocycles. The van der Waals surface area contributed by atoms with Crippen molar-refractivity contribution in [3.05, 3.63) is 54.4 Å². The number of nitrogens with one attached hydrogen (secondary N) is 1. The van der Waals surface area contributed by atoms with E-state index >= 15 is 0 Å². The number of ether oxygens (including phenoxy) is 1. The van der Waals surface area contributed by atoms with Gasteiger partial charge in [-0.1, -0.05) is 12.1 Å². The Bertz CT molecular complexity index is 543. The number of benzene rings is 1. The van der Waals surface area contributed by atoms with Crippen LogP contribution >= 0.6 is 0 Å². The SMILES string of the molecule is NC(=O)COc1cccc(NCc2cccnc2)c1. The lowest BCUT2D eigenvalue weighted by Crippen LogP contribution is -2.20. The molecule has 5 heteroatoms. The summed E-state index contributed by atoms with van der Waals surface area (Å²) < 4.78 is 5.23. The summed E-state index contributed by atoms with van der Waals surface area (Å²) in [6, 6.07) is 11.3. The maximum atomic E-state index is 10.6. The molecule has 1 aromatic heterocycles. The molecule has 0 bridgehead atoms. The van der Waals surface area contributed by atoms with Crippen LogP contribution in [0.25, 0.3) is 0 Å². The van der Waals surface area contributed by atoms with Crippen LogP contribution in [0.1, 0.15) is 5.56 Å². The zero-order chi connectivity index (χ0) is 13.5. The lowest BCUT2D eigenvalue weighted by atomic mass is 10.2. The fraction of sp³-hybridized carbons (Fsp3) is 0.143. The van der Waals surface area contributed by atoms with Gasteiger partial charge >= 0.3 is 0 Å². The Kier molecular flexibility index (Phi) is 4.34. The van der Waals surface area contributed by atoms with Crippen molar-refractivity contribution in [2.75, 3.05) is 11.9 Å². The summed E-state index contributed by atoms with van der Waals surface area (Å²) in [6.45, 7) is 0.555. The molecule has 3 N–H and O–H groups in total. The lowest BCUT2D eigenvalue weighted by molar-refractivity contribution is -0.119. The van der Waals surface area contributed by atoms with Gasteiger partial charge in [0.05, 0.1) is 0 Å². The normalized spacial score (nSPS) is 9.89. The molecule has 1 aromatic carbocycles. The summed E-state index contributed by atoms with van der Waals surface area (Å²) in [5.74, 6) is 0.115. The Morgan fingerprint density at radius 3 is 2.95 bits per heavy atom. The quantitative estimate of drug-likeness (QED) is 0.823. The van der Waals surface area contributed by atoms with Crippen molar-refractivity contribution in [1.29, 1.82) is 0 Å². The second-order valence-electron chi connectivity index (χ2n) is 4.00. The van der Waals surface area contributed by atoms with Gasteiger partial charge in [0.15, 0.2) is 6.61 Å². The summed E-state index contributed by atoms with van der Waals surface area (Å²) in [7, 11) is 0. The average Bonchev–Trinajstić information content (AvgIpc) is 2.44. The Labute approximate surface area is 111 Å². The van der Waals surface area contributed by atoms with Crippen molar-refractivity contribution >= 4 is 11.6 Å². The van der Waals surface area contributed by atoms with Gasteiger partial charge in [0, 0.05) is 30.7 Å². The number of amides is 1. The first-order valence-corrected chi connectivity index (χ1v) is 5.88. The number of aromatic nitrogens is 1. The number of nitrogens with two attached hydrogens (primary N) is 1. The Morgan fingerprint density at radius 1 is 1.32 bits per heavy atom. The number of pyridine rings is 1. The van der Waals surface area contributed by atoms with E-state index in [1.54, 1.807) is 18.5 Å². The second-order valence-corrected chi connectivity index (χ2v) is 4.00. The van der Waals surface area contributed by atoms with Crippen molar-refractivity contribution in [3.8, 4) is 5.75 Å². The number of primary amides is 1. The van der Waals surface area contributed by atoms with Gasteiger partial charge in [-0.15, -0.1) is 0 Å². The van der Waals surface area contributed by atoms with Crippen LogP contribution in [-0.2, 0) is 11.3 Å². The van der Waals surface area contributed by atoms with Gasteiger partial charge in [-0.05, 0) is 23.8 Å². The number of nitrogens with zero attached hydrogens (tertiary/aromatic N) is 1. The molecular weight excluding hydrogens is 242 g/mol. The molecule has 0 unspecified atom stereocenters. The predicted octanol–water partition coefficient (Wildman–Crippen LogP) is 1.56. The predicted molar refractivity (Wildman–Crippen MR) is 72.7 cm³/mol. The number of anilines is 1. The fourth-order valence-electron chi connectivity index (χ4n) is 1.56. The largest absolute Gasteiger partial charge is 0.484 e. The molecule has 0 aliphatic heterocycles. The third-order valence-electron chi connectivity index (χ3n) is 2.43. The third-order valence-corrected chi connectivity index (χ3v) is 2.43. The molecular formula is C14H15N3O2. The maximum absolute atomic E-state index is 10.6. The first-order chi connectivity index (χ1) is 9.24. The molecule has 0 aliphatic carbocycles. The highest BCUT2D eigenvalue weighted by molar-refractivity contribution is 5.75. The molecule has 0 aliphatic rings. The third kappa shape index (κ3) is 4.31. The number of carbonyl (C=O) groups excluding carboxylic acids is 1. The molecule has 0 fully saturated rings. The standard InChI is InChI=1S/C14H15N3O2/c15-14(18)10-19-13-5-1-4-12(7-13)17-9-11-3-2-6-16-8-11/h1-8,17H,9-10H2,(H2,15,18). The molecule has 0 saturated heterocycles. The van der Waals surface area contributed by atoms with E-state index in [1.165, 1.54) is 0 Å². The molecule has 5 nitrogen and oxygen atoms in total. The minimum Gasteiger partial charge on any atom is -0.484 e. The van der Waals surface area contributed by atoms with E-state index < -0.39 is 5.91 Å². The van der Waals surface area contributed by atoms with E-state index in [-0.39, 0.29) is 6.61 Å².